The van der Waals surface area contributed by atoms with Crippen LogP contribution in [-0.2, 0) is 4.79 Å². The first kappa shape index (κ1) is 15.3. The highest BCUT2D eigenvalue weighted by Gasteiger charge is 2.13. The van der Waals surface area contributed by atoms with E-state index in [0.717, 1.165) is 24.9 Å². The van der Waals surface area contributed by atoms with Gasteiger partial charge in [-0.3, -0.25) is 4.79 Å². The highest BCUT2D eigenvalue weighted by Crippen LogP contribution is 2.27. The van der Waals surface area contributed by atoms with Crippen LogP contribution in [0.4, 0.5) is 0 Å². The summed E-state index contributed by atoms with van der Waals surface area (Å²) in [6.07, 6.45) is 1.67. The van der Waals surface area contributed by atoms with E-state index in [-0.39, 0.29) is 5.92 Å². The van der Waals surface area contributed by atoms with Gasteiger partial charge in [0.2, 0.25) is 6.41 Å². The Morgan fingerprint density at radius 3 is 2.61 bits per heavy atom. The van der Waals surface area contributed by atoms with Crippen molar-refractivity contribution in [3.8, 4) is 0 Å². The molecule has 5 heteroatoms. The maximum atomic E-state index is 10.4. The maximum absolute atomic E-state index is 10.4. The topological polar surface area (TPSA) is 32.3 Å². The van der Waals surface area contributed by atoms with Crippen LogP contribution in [0.2, 0.25) is 10.0 Å². The molecule has 0 heterocycles. The second kappa shape index (κ2) is 7.62. The van der Waals surface area contributed by atoms with Gasteiger partial charge in [0, 0.05) is 12.5 Å². The van der Waals surface area contributed by atoms with E-state index in [1.54, 1.807) is 6.07 Å². The molecular weight excluding hydrogens is 271 g/mol. The van der Waals surface area contributed by atoms with E-state index in [1.807, 2.05) is 26.2 Å². The summed E-state index contributed by atoms with van der Waals surface area (Å²) in [6, 6.07) is 5.63. The lowest BCUT2D eigenvalue weighted by Gasteiger charge is -2.19. The Balaban J connectivity index is 2.79. The summed E-state index contributed by atoms with van der Waals surface area (Å²) in [5, 5.41) is 3.83. The second-order valence-corrected chi connectivity index (χ2v) is 5.30. The van der Waals surface area contributed by atoms with E-state index in [4.69, 9.17) is 23.2 Å². The van der Waals surface area contributed by atoms with Crippen LogP contribution in [0.5, 0.6) is 0 Å². The minimum Gasteiger partial charge on any atom is -0.358 e. The number of amides is 1. The van der Waals surface area contributed by atoms with Gasteiger partial charge >= 0.3 is 0 Å². The predicted octanol–water partition coefficient (Wildman–Crippen LogP) is 2.77. The van der Waals surface area contributed by atoms with Crippen LogP contribution in [0.25, 0.3) is 0 Å². The van der Waals surface area contributed by atoms with Crippen molar-refractivity contribution in [2.45, 2.75) is 12.3 Å². The molecule has 0 saturated heterocycles. The van der Waals surface area contributed by atoms with E-state index in [2.05, 4.69) is 10.2 Å². The van der Waals surface area contributed by atoms with E-state index in [9.17, 15) is 4.79 Å². The number of halogens is 2. The standard InChI is InChI=1S/C13H18Cl2N2O/c1-17(2)6-5-11(8-16-9-18)10-3-4-12(14)13(15)7-10/h3-4,7,9,11H,5-6,8H2,1-2H3,(H,16,18). The zero-order valence-electron chi connectivity index (χ0n) is 10.6. The van der Waals surface area contributed by atoms with Crippen molar-refractivity contribution < 1.29 is 4.79 Å². The summed E-state index contributed by atoms with van der Waals surface area (Å²) < 4.78 is 0. The first-order chi connectivity index (χ1) is 8.54. The minimum absolute atomic E-state index is 0.243. The lowest BCUT2D eigenvalue weighted by molar-refractivity contribution is -0.109. The SMILES string of the molecule is CN(C)CCC(CNC=O)c1ccc(Cl)c(Cl)c1. The summed E-state index contributed by atoms with van der Waals surface area (Å²) in [6.45, 7) is 1.56. The van der Waals surface area contributed by atoms with Crippen molar-refractivity contribution in [1.29, 1.82) is 0 Å². The van der Waals surface area contributed by atoms with Crippen molar-refractivity contribution in [3.05, 3.63) is 33.8 Å². The number of rotatable bonds is 7. The van der Waals surface area contributed by atoms with Crippen LogP contribution in [0.3, 0.4) is 0 Å². The lowest BCUT2D eigenvalue weighted by Crippen LogP contribution is -2.24. The van der Waals surface area contributed by atoms with Gasteiger partial charge in [0.1, 0.15) is 0 Å². The fourth-order valence-electron chi connectivity index (χ4n) is 1.76. The van der Waals surface area contributed by atoms with Crippen LogP contribution in [0.15, 0.2) is 18.2 Å². The number of benzene rings is 1. The molecule has 18 heavy (non-hydrogen) atoms. The van der Waals surface area contributed by atoms with Crippen molar-refractivity contribution in [2.75, 3.05) is 27.2 Å². The Morgan fingerprint density at radius 1 is 1.33 bits per heavy atom. The summed E-state index contributed by atoms with van der Waals surface area (Å²) in [4.78, 5) is 12.5. The lowest BCUT2D eigenvalue weighted by atomic mass is 9.95. The molecule has 1 rings (SSSR count). The number of nitrogens with one attached hydrogen (secondary N) is 1. The summed E-state index contributed by atoms with van der Waals surface area (Å²) in [5.41, 5.74) is 1.10. The van der Waals surface area contributed by atoms with Crippen molar-refractivity contribution >= 4 is 29.6 Å². The van der Waals surface area contributed by atoms with Gasteiger partial charge in [-0.2, -0.15) is 0 Å². The fourth-order valence-corrected chi connectivity index (χ4v) is 2.06. The predicted molar refractivity (Wildman–Crippen MR) is 76.4 cm³/mol. The molecule has 1 atom stereocenters. The fraction of sp³-hybridized carbons (Fsp3) is 0.462. The quantitative estimate of drug-likeness (QED) is 0.783. The summed E-state index contributed by atoms with van der Waals surface area (Å²) >= 11 is 11.9. The molecule has 0 bridgehead atoms. The van der Waals surface area contributed by atoms with Crippen LogP contribution >= 0.6 is 23.2 Å². The van der Waals surface area contributed by atoms with Crippen LogP contribution < -0.4 is 5.32 Å². The molecule has 0 radical (unpaired) electrons. The molecule has 1 aromatic carbocycles. The van der Waals surface area contributed by atoms with E-state index < -0.39 is 0 Å². The van der Waals surface area contributed by atoms with Gasteiger partial charge in [0.15, 0.2) is 0 Å². The molecule has 0 aromatic heterocycles. The van der Waals surface area contributed by atoms with E-state index in [0.29, 0.717) is 16.6 Å². The third kappa shape index (κ3) is 4.84. The molecule has 0 aliphatic carbocycles. The molecule has 1 aromatic rings. The molecular formula is C13H18Cl2N2O. The number of nitrogens with zero attached hydrogens (tertiary/aromatic N) is 1. The molecule has 0 aliphatic heterocycles. The first-order valence-electron chi connectivity index (χ1n) is 5.81. The van der Waals surface area contributed by atoms with Gasteiger partial charge in [0.25, 0.3) is 0 Å². The minimum atomic E-state index is 0.243. The Hall–Kier alpha value is -0.770. The van der Waals surface area contributed by atoms with Crippen LogP contribution in [-0.4, -0.2) is 38.5 Å². The Kier molecular flexibility index (Phi) is 6.47. The van der Waals surface area contributed by atoms with Gasteiger partial charge in [-0.1, -0.05) is 29.3 Å². The molecule has 1 amide bonds. The molecule has 1 N–H and O–H groups in total. The van der Waals surface area contributed by atoms with Gasteiger partial charge in [0.05, 0.1) is 10.0 Å². The highest BCUT2D eigenvalue weighted by atomic mass is 35.5. The zero-order valence-corrected chi connectivity index (χ0v) is 12.1. The van der Waals surface area contributed by atoms with Crippen molar-refractivity contribution in [3.63, 3.8) is 0 Å². The number of carbonyl (C=O) groups excluding carboxylic acids is 1. The first-order valence-corrected chi connectivity index (χ1v) is 6.57. The molecule has 0 fully saturated rings. The number of hydrogen-bond donors (Lipinski definition) is 1. The largest absolute Gasteiger partial charge is 0.358 e. The van der Waals surface area contributed by atoms with Gasteiger partial charge in [-0.15, -0.1) is 0 Å². The number of hydrogen-bond acceptors (Lipinski definition) is 2. The summed E-state index contributed by atoms with van der Waals surface area (Å²) in [5.74, 6) is 0.243. The number of carbonyl (C=O) groups is 1. The molecule has 0 aliphatic rings. The average molecular weight is 289 g/mol. The molecule has 100 valence electrons. The third-order valence-electron chi connectivity index (χ3n) is 2.79. The van der Waals surface area contributed by atoms with E-state index >= 15 is 0 Å². The Morgan fingerprint density at radius 2 is 2.06 bits per heavy atom. The molecule has 1 unspecified atom stereocenters. The van der Waals surface area contributed by atoms with E-state index in [1.165, 1.54) is 0 Å². The second-order valence-electron chi connectivity index (χ2n) is 4.49. The zero-order chi connectivity index (χ0) is 13.5. The Bertz CT molecular complexity index is 397. The highest BCUT2D eigenvalue weighted by molar-refractivity contribution is 6.42. The smallest absolute Gasteiger partial charge is 0.207 e. The Labute approximate surface area is 118 Å². The van der Waals surface area contributed by atoms with Gasteiger partial charge in [-0.25, -0.2) is 0 Å². The van der Waals surface area contributed by atoms with Crippen LogP contribution in [0, 0.1) is 0 Å². The van der Waals surface area contributed by atoms with Gasteiger partial charge in [-0.05, 0) is 44.8 Å². The van der Waals surface area contributed by atoms with Crippen molar-refractivity contribution in [2.24, 2.45) is 0 Å². The summed E-state index contributed by atoms with van der Waals surface area (Å²) in [7, 11) is 4.05. The average Bonchev–Trinajstić information content (AvgIpc) is 2.33. The van der Waals surface area contributed by atoms with Gasteiger partial charge < -0.3 is 10.2 Å². The monoisotopic (exact) mass is 288 g/mol. The third-order valence-corrected chi connectivity index (χ3v) is 3.53. The molecule has 3 nitrogen and oxygen atoms in total. The normalized spacial score (nSPS) is 12.5. The maximum Gasteiger partial charge on any atom is 0.207 e. The molecule has 0 saturated carbocycles. The van der Waals surface area contributed by atoms with Crippen LogP contribution in [0.1, 0.15) is 17.9 Å². The van der Waals surface area contributed by atoms with Crippen molar-refractivity contribution in [1.82, 2.24) is 10.2 Å². The molecule has 0 spiro atoms.